The van der Waals surface area contributed by atoms with E-state index in [0.29, 0.717) is 42.0 Å². The van der Waals surface area contributed by atoms with Crippen molar-refractivity contribution in [1.82, 2.24) is 0 Å². The number of phenolic OH excluding ortho intramolecular Hbond substituents is 1. The number of benzene rings is 3. The van der Waals surface area contributed by atoms with E-state index >= 15 is 0 Å². The maximum Gasteiger partial charge on any atom is 0.215 e. The number of carbonyl (C=O) groups is 2. The first-order chi connectivity index (χ1) is 17.5. The van der Waals surface area contributed by atoms with Crippen LogP contribution in [0.1, 0.15) is 42.9 Å². The molecule has 0 unspecified atom stereocenters. The normalized spacial score (nSPS) is 19.1. The van der Waals surface area contributed by atoms with Crippen LogP contribution in [0, 0.1) is 0 Å². The molecule has 36 heavy (non-hydrogen) atoms. The Hall–Kier alpha value is -4.26. The number of hydrogen-bond donors (Lipinski definition) is 2. The fraction of sp³-hybridized carbons (Fsp3) is 0.241. The summed E-state index contributed by atoms with van der Waals surface area (Å²) in [6, 6.07) is 19.6. The second-order valence-corrected chi connectivity index (χ2v) is 8.91. The number of nitrogens with zero attached hydrogens (tertiary/aromatic N) is 1. The number of allylic oxidation sites excluding steroid dienone is 1. The zero-order valence-electron chi connectivity index (χ0n) is 20.2. The first-order valence-corrected chi connectivity index (χ1v) is 12.0. The van der Waals surface area contributed by atoms with Crippen LogP contribution in [-0.4, -0.2) is 31.0 Å². The molecule has 1 amide bonds. The number of para-hydroxylation sites is 2. The van der Waals surface area contributed by atoms with Gasteiger partial charge in [0.2, 0.25) is 6.41 Å². The summed E-state index contributed by atoms with van der Waals surface area (Å²) in [7, 11) is 1.63. The Labute approximate surface area is 210 Å². The molecule has 2 N–H and O–H groups in total. The number of amides is 1. The monoisotopic (exact) mass is 484 g/mol. The second kappa shape index (κ2) is 9.77. The summed E-state index contributed by atoms with van der Waals surface area (Å²) in [5.74, 6) is 1.05. The van der Waals surface area contributed by atoms with E-state index in [9.17, 15) is 14.7 Å². The van der Waals surface area contributed by atoms with Crippen molar-refractivity contribution in [3.05, 3.63) is 89.1 Å². The van der Waals surface area contributed by atoms with Crippen molar-refractivity contribution >= 4 is 23.6 Å². The van der Waals surface area contributed by atoms with Crippen molar-refractivity contribution in [3.63, 3.8) is 0 Å². The second-order valence-electron chi connectivity index (χ2n) is 8.91. The van der Waals surface area contributed by atoms with Crippen molar-refractivity contribution in [2.45, 2.75) is 31.7 Å². The van der Waals surface area contributed by atoms with Crippen molar-refractivity contribution in [2.24, 2.45) is 0 Å². The number of fused-ring (bicyclic) bond motifs is 1. The van der Waals surface area contributed by atoms with Crippen LogP contribution in [0.3, 0.4) is 0 Å². The first kappa shape index (κ1) is 23.5. The van der Waals surface area contributed by atoms with E-state index in [4.69, 9.17) is 9.47 Å². The molecule has 2 aliphatic rings. The lowest BCUT2D eigenvalue weighted by Gasteiger charge is -2.33. The number of nitrogens with one attached hydrogen (secondary N) is 1. The molecule has 0 aromatic heterocycles. The van der Waals surface area contributed by atoms with Crippen LogP contribution >= 0.6 is 0 Å². The number of ketones is 1. The molecule has 0 bridgehead atoms. The largest absolute Gasteiger partial charge is 0.504 e. The van der Waals surface area contributed by atoms with Crippen molar-refractivity contribution < 1.29 is 24.2 Å². The van der Waals surface area contributed by atoms with Crippen molar-refractivity contribution in [2.75, 3.05) is 23.9 Å². The topological polar surface area (TPSA) is 88.1 Å². The summed E-state index contributed by atoms with van der Waals surface area (Å²) in [5.41, 5.74) is 4.52. The minimum atomic E-state index is -0.669. The molecular formula is C29H28N2O5. The molecular weight excluding hydrogens is 456 g/mol. The van der Waals surface area contributed by atoms with Gasteiger partial charge >= 0.3 is 0 Å². The van der Waals surface area contributed by atoms with Crippen LogP contribution in [0.5, 0.6) is 17.2 Å². The predicted octanol–water partition coefficient (Wildman–Crippen LogP) is 5.33. The van der Waals surface area contributed by atoms with Gasteiger partial charge in [-0.3, -0.25) is 9.59 Å². The highest BCUT2D eigenvalue weighted by molar-refractivity contribution is 6.03. The van der Waals surface area contributed by atoms with Gasteiger partial charge in [0.15, 0.2) is 17.3 Å². The molecule has 3 aromatic rings. The molecule has 0 spiro atoms. The highest BCUT2D eigenvalue weighted by Crippen LogP contribution is 2.47. The molecule has 0 saturated heterocycles. The average Bonchev–Trinajstić information content (AvgIpc) is 3.04. The number of carbonyl (C=O) groups excluding carboxylic acids is 2. The summed E-state index contributed by atoms with van der Waals surface area (Å²) < 4.78 is 10.9. The van der Waals surface area contributed by atoms with Crippen LogP contribution < -0.4 is 19.7 Å². The lowest BCUT2D eigenvalue weighted by molar-refractivity contribution is -0.116. The van der Waals surface area contributed by atoms with Gasteiger partial charge in [-0.15, -0.1) is 0 Å². The maximum atomic E-state index is 13.8. The Morgan fingerprint density at radius 2 is 1.81 bits per heavy atom. The van der Waals surface area contributed by atoms with Crippen LogP contribution in [-0.2, 0) is 9.59 Å². The zero-order chi connectivity index (χ0) is 25.2. The molecule has 1 aliphatic heterocycles. The Morgan fingerprint density at radius 3 is 2.53 bits per heavy atom. The smallest absolute Gasteiger partial charge is 0.215 e. The van der Waals surface area contributed by atoms with Crippen LogP contribution in [0.25, 0.3) is 0 Å². The molecule has 7 nitrogen and oxygen atoms in total. The van der Waals surface area contributed by atoms with E-state index in [1.54, 1.807) is 30.2 Å². The average molecular weight is 485 g/mol. The number of ether oxygens (including phenoxy) is 2. The van der Waals surface area contributed by atoms with Crippen molar-refractivity contribution in [3.8, 4) is 17.2 Å². The minimum absolute atomic E-state index is 0.00847. The molecule has 0 saturated carbocycles. The summed E-state index contributed by atoms with van der Waals surface area (Å²) in [5, 5.41) is 13.8. The van der Waals surface area contributed by atoms with Crippen molar-refractivity contribution in [1.29, 1.82) is 0 Å². The Balaban J connectivity index is 1.65. The summed E-state index contributed by atoms with van der Waals surface area (Å²) in [4.78, 5) is 27.9. The van der Waals surface area contributed by atoms with Gasteiger partial charge in [0.25, 0.3) is 0 Å². The number of Topliss-reactive ketones (excluding diaryl/α,β-unsaturated/α-hetero) is 1. The van der Waals surface area contributed by atoms with Gasteiger partial charge < -0.3 is 24.8 Å². The lowest BCUT2D eigenvalue weighted by atomic mass is 9.78. The van der Waals surface area contributed by atoms with Gasteiger partial charge in [0.05, 0.1) is 31.1 Å². The van der Waals surface area contributed by atoms with E-state index in [1.165, 1.54) is 0 Å². The van der Waals surface area contributed by atoms with Gasteiger partial charge in [0, 0.05) is 17.7 Å². The van der Waals surface area contributed by atoms with Gasteiger partial charge in [0.1, 0.15) is 5.75 Å². The molecule has 2 atom stereocenters. The fourth-order valence-electron chi connectivity index (χ4n) is 5.14. The number of aromatic hydroxyl groups is 1. The number of hydrogen-bond acceptors (Lipinski definition) is 6. The van der Waals surface area contributed by atoms with E-state index in [0.717, 1.165) is 29.1 Å². The van der Waals surface area contributed by atoms with Gasteiger partial charge in [-0.05, 0) is 66.8 Å². The number of anilines is 2. The summed E-state index contributed by atoms with van der Waals surface area (Å²) in [6.07, 6.45) is 1.70. The van der Waals surface area contributed by atoms with E-state index in [1.807, 2.05) is 55.5 Å². The zero-order valence-corrected chi connectivity index (χ0v) is 20.2. The highest BCUT2D eigenvalue weighted by Gasteiger charge is 2.39. The quantitative estimate of drug-likeness (QED) is 0.460. The Bertz CT molecular complexity index is 1330. The van der Waals surface area contributed by atoms with E-state index < -0.39 is 6.04 Å². The van der Waals surface area contributed by atoms with Gasteiger partial charge in [-0.25, -0.2) is 0 Å². The van der Waals surface area contributed by atoms with Gasteiger partial charge in [-0.2, -0.15) is 0 Å². The maximum absolute atomic E-state index is 13.8. The third kappa shape index (κ3) is 4.17. The predicted molar refractivity (Wildman–Crippen MR) is 138 cm³/mol. The Morgan fingerprint density at radius 1 is 1.06 bits per heavy atom. The third-order valence-corrected chi connectivity index (χ3v) is 6.83. The van der Waals surface area contributed by atoms with Gasteiger partial charge in [-0.1, -0.05) is 30.3 Å². The Kier molecular flexibility index (Phi) is 6.38. The fourth-order valence-corrected chi connectivity index (χ4v) is 5.14. The van der Waals surface area contributed by atoms with E-state index in [-0.39, 0.29) is 17.5 Å². The molecule has 0 fully saturated rings. The highest BCUT2D eigenvalue weighted by atomic mass is 16.5. The molecule has 184 valence electrons. The summed E-state index contributed by atoms with van der Waals surface area (Å²) >= 11 is 0. The molecule has 1 heterocycles. The molecule has 5 rings (SSSR count). The SMILES string of the molecule is CCOc1cc([C@H]2C3=C(C[C@@H](c4ccc(OC)cc4)CC3=O)Nc3ccccc3N2C=O)ccc1O. The van der Waals surface area contributed by atoms with E-state index in [2.05, 4.69) is 5.32 Å². The number of phenols is 1. The lowest BCUT2D eigenvalue weighted by Crippen LogP contribution is -2.33. The number of methoxy groups -OCH3 is 1. The first-order valence-electron chi connectivity index (χ1n) is 12.0. The van der Waals surface area contributed by atoms with Crippen LogP contribution in [0.2, 0.25) is 0 Å². The molecule has 3 aromatic carbocycles. The molecule has 0 radical (unpaired) electrons. The van der Waals surface area contributed by atoms with Crippen LogP contribution in [0.4, 0.5) is 11.4 Å². The standard InChI is InChI=1S/C29H28N2O5/c1-3-36-27-16-19(10-13-25(27)33)29-28-23(30-22-6-4-5-7-24(22)31(29)17-32)14-20(15-26(28)34)18-8-11-21(35-2)12-9-18/h4-13,16-17,20,29-30,33H,3,14-15H2,1-2H3/t20-,29+/m1/s1. The summed E-state index contributed by atoms with van der Waals surface area (Å²) in [6.45, 7) is 2.21. The molecule has 7 heteroatoms. The molecule has 1 aliphatic carbocycles. The third-order valence-electron chi connectivity index (χ3n) is 6.83. The minimum Gasteiger partial charge on any atom is -0.504 e. The number of rotatable bonds is 6. The van der Waals surface area contributed by atoms with Crippen LogP contribution in [0.15, 0.2) is 78.0 Å².